The summed E-state index contributed by atoms with van der Waals surface area (Å²) in [5.74, 6) is 0.804. The zero-order valence-corrected chi connectivity index (χ0v) is 16.6. The lowest BCUT2D eigenvalue weighted by Gasteiger charge is -2.25. The van der Waals surface area contributed by atoms with Crippen LogP contribution >= 0.6 is 0 Å². The zero-order valence-electron chi connectivity index (χ0n) is 16.6. The van der Waals surface area contributed by atoms with Crippen LogP contribution in [0.3, 0.4) is 0 Å². The molecule has 3 aromatic rings. The molecule has 2 N–H and O–H groups in total. The van der Waals surface area contributed by atoms with Crippen LogP contribution in [0, 0.1) is 0 Å². The second-order valence-electron chi connectivity index (χ2n) is 7.33. The van der Waals surface area contributed by atoms with Crippen LogP contribution in [-0.4, -0.2) is 17.2 Å². The fourth-order valence-corrected chi connectivity index (χ4v) is 3.36. The number of benzene rings is 3. The Kier molecular flexibility index (Phi) is 7.24. The van der Waals surface area contributed by atoms with Crippen molar-refractivity contribution < 1.29 is 9.84 Å². The predicted octanol–water partition coefficient (Wildman–Crippen LogP) is 4.91. The van der Waals surface area contributed by atoms with E-state index in [1.807, 2.05) is 67.6 Å². The SMILES string of the molecule is C[C@H](Cc1ccccc1)N[C@@H](C)[C@@H](O)c1ccc(OCc2ccccc2)cc1. The normalized spacial score (nSPS) is 14.2. The van der Waals surface area contributed by atoms with E-state index in [1.165, 1.54) is 5.56 Å². The van der Waals surface area contributed by atoms with Gasteiger partial charge in [-0.2, -0.15) is 0 Å². The maximum atomic E-state index is 10.7. The van der Waals surface area contributed by atoms with Crippen molar-refractivity contribution in [1.29, 1.82) is 0 Å². The molecular weight excluding hydrogens is 346 g/mol. The Balaban J connectivity index is 1.50. The number of ether oxygens (including phenoxy) is 1. The second kappa shape index (κ2) is 10.1. The Morgan fingerprint density at radius 2 is 1.36 bits per heavy atom. The smallest absolute Gasteiger partial charge is 0.119 e. The average molecular weight is 376 g/mol. The minimum atomic E-state index is -0.568. The van der Waals surface area contributed by atoms with Gasteiger partial charge in [0.05, 0.1) is 6.10 Å². The molecule has 0 amide bonds. The summed E-state index contributed by atoms with van der Waals surface area (Å²) in [7, 11) is 0. The number of hydrogen-bond acceptors (Lipinski definition) is 3. The van der Waals surface area contributed by atoms with Crippen molar-refractivity contribution >= 4 is 0 Å². The summed E-state index contributed by atoms with van der Waals surface area (Å²) < 4.78 is 5.82. The van der Waals surface area contributed by atoms with Crippen LogP contribution in [0.2, 0.25) is 0 Å². The van der Waals surface area contributed by atoms with E-state index >= 15 is 0 Å². The number of aliphatic hydroxyl groups excluding tert-OH is 1. The minimum absolute atomic E-state index is 0.0465. The van der Waals surface area contributed by atoms with Gasteiger partial charge in [0.25, 0.3) is 0 Å². The Bertz CT molecular complexity index is 818. The topological polar surface area (TPSA) is 41.5 Å². The molecule has 0 heterocycles. The third kappa shape index (κ3) is 5.95. The first-order chi connectivity index (χ1) is 13.6. The van der Waals surface area contributed by atoms with Gasteiger partial charge in [0.1, 0.15) is 12.4 Å². The fourth-order valence-electron chi connectivity index (χ4n) is 3.36. The van der Waals surface area contributed by atoms with Crippen LogP contribution in [0.15, 0.2) is 84.9 Å². The van der Waals surface area contributed by atoms with Crippen LogP contribution in [-0.2, 0) is 13.0 Å². The largest absolute Gasteiger partial charge is 0.489 e. The first-order valence-corrected chi connectivity index (χ1v) is 9.86. The molecule has 3 aromatic carbocycles. The Hall–Kier alpha value is -2.62. The molecule has 146 valence electrons. The fraction of sp³-hybridized carbons (Fsp3) is 0.280. The Morgan fingerprint density at radius 3 is 1.96 bits per heavy atom. The molecule has 0 fully saturated rings. The molecule has 0 spiro atoms. The summed E-state index contributed by atoms with van der Waals surface area (Å²) in [6.45, 7) is 4.71. The highest BCUT2D eigenvalue weighted by Crippen LogP contribution is 2.21. The van der Waals surface area contributed by atoms with Gasteiger partial charge >= 0.3 is 0 Å². The van der Waals surface area contributed by atoms with E-state index in [1.54, 1.807) is 0 Å². The van der Waals surface area contributed by atoms with Crippen LogP contribution < -0.4 is 10.1 Å². The van der Waals surface area contributed by atoms with Crippen LogP contribution in [0.25, 0.3) is 0 Å². The lowest BCUT2D eigenvalue weighted by Crippen LogP contribution is -2.39. The van der Waals surface area contributed by atoms with E-state index in [9.17, 15) is 5.11 Å². The lowest BCUT2D eigenvalue weighted by molar-refractivity contribution is 0.130. The molecule has 0 saturated carbocycles. The van der Waals surface area contributed by atoms with Crippen LogP contribution in [0.1, 0.15) is 36.6 Å². The average Bonchev–Trinajstić information content (AvgIpc) is 2.73. The summed E-state index contributed by atoms with van der Waals surface area (Å²) in [5, 5.41) is 14.2. The Labute approximate surface area is 168 Å². The van der Waals surface area contributed by atoms with Crippen molar-refractivity contribution in [2.24, 2.45) is 0 Å². The second-order valence-corrected chi connectivity index (χ2v) is 7.33. The van der Waals surface area contributed by atoms with Gasteiger partial charge in [-0.15, -0.1) is 0 Å². The van der Waals surface area contributed by atoms with E-state index in [-0.39, 0.29) is 12.1 Å². The predicted molar refractivity (Wildman–Crippen MR) is 114 cm³/mol. The first-order valence-electron chi connectivity index (χ1n) is 9.86. The van der Waals surface area contributed by atoms with Crippen molar-refractivity contribution in [2.45, 2.75) is 45.1 Å². The third-order valence-corrected chi connectivity index (χ3v) is 4.88. The highest BCUT2D eigenvalue weighted by molar-refractivity contribution is 5.29. The molecule has 3 heteroatoms. The van der Waals surface area contributed by atoms with Gasteiger partial charge in [-0.3, -0.25) is 0 Å². The van der Waals surface area contributed by atoms with Crippen molar-refractivity contribution in [3.8, 4) is 5.75 Å². The number of aliphatic hydroxyl groups is 1. The van der Waals surface area contributed by atoms with Crippen molar-refractivity contribution in [3.05, 3.63) is 102 Å². The van der Waals surface area contributed by atoms with E-state index in [0.29, 0.717) is 6.61 Å². The molecule has 0 aliphatic carbocycles. The molecule has 0 aromatic heterocycles. The van der Waals surface area contributed by atoms with Crippen molar-refractivity contribution in [3.63, 3.8) is 0 Å². The molecule has 3 nitrogen and oxygen atoms in total. The molecule has 0 bridgehead atoms. The first kappa shape index (κ1) is 20.1. The maximum absolute atomic E-state index is 10.7. The molecular formula is C25H29NO2. The van der Waals surface area contributed by atoms with Gasteiger partial charge in [-0.1, -0.05) is 72.8 Å². The van der Waals surface area contributed by atoms with E-state index in [0.717, 1.165) is 23.3 Å². The summed E-state index contributed by atoms with van der Waals surface area (Å²) in [5.41, 5.74) is 3.32. The van der Waals surface area contributed by atoms with Crippen molar-refractivity contribution in [2.75, 3.05) is 0 Å². The zero-order chi connectivity index (χ0) is 19.8. The van der Waals surface area contributed by atoms with Crippen molar-refractivity contribution in [1.82, 2.24) is 5.32 Å². The molecule has 0 unspecified atom stereocenters. The van der Waals surface area contributed by atoms with Gasteiger partial charge < -0.3 is 15.2 Å². The third-order valence-electron chi connectivity index (χ3n) is 4.88. The molecule has 3 atom stereocenters. The summed E-state index contributed by atoms with van der Waals surface area (Å²) in [6.07, 6.45) is 0.367. The van der Waals surface area contributed by atoms with Gasteiger partial charge in [-0.25, -0.2) is 0 Å². The standard InChI is InChI=1S/C25H29NO2/c1-19(17-21-9-5-3-6-10-21)26-20(2)25(27)23-13-15-24(16-14-23)28-18-22-11-7-4-8-12-22/h3-16,19-20,25-27H,17-18H2,1-2H3/t19-,20+,25-/m1/s1. The lowest BCUT2D eigenvalue weighted by atomic mass is 10.0. The molecule has 0 aliphatic rings. The highest BCUT2D eigenvalue weighted by Gasteiger charge is 2.18. The monoisotopic (exact) mass is 375 g/mol. The van der Waals surface area contributed by atoms with Gasteiger partial charge in [0.15, 0.2) is 0 Å². The molecule has 0 radical (unpaired) electrons. The van der Waals surface area contributed by atoms with E-state index in [2.05, 4.69) is 36.5 Å². The molecule has 0 saturated heterocycles. The van der Waals surface area contributed by atoms with Gasteiger partial charge in [0, 0.05) is 12.1 Å². The molecule has 28 heavy (non-hydrogen) atoms. The Morgan fingerprint density at radius 1 is 0.786 bits per heavy atom. The molecule has 3 rings (SSSR count). The quantitative estimate of drug-likeness (QED) is 0.558. The van der Waals surface area contributed by atoms with Crippen LogP contribution in [0.5, 0.6) is 5.75 Å². The summed E-state index contributed by atoms with van der Waals surface area (Å²) in [4.78, 5) is 0. The maximum Gasteiger partial charge on any atom is 0.119 e. The van der Waals surface area contributed by atoms with E-state index < -0.39 is 6.10 Å². The number of nitrogens with one attached hydrogen (secondary N) is 1. The number of hydrogen-bond donors (Lipinski definition) is 2. The highest BCUT2D eigenvalue weighted by atomic mass is 16.5. The summed E-state index contributed by atoms with van der Waals surface area (Å²) in [6, 6.07) is 28.4. The van der Waals surface area contributed by atoms with Crippen LogP contribution in [0.4, 0.5) is 0 Å². The van der Waals surface area contributed by atoms with Gasteiger partial charge in [0.2, 0.25) is 0 Å². The summed E-state index contributed by atoms with van der Waals surface area (Å²) >= 11 is 0. The number of rotatable bonds is 9. The molecule has 0 aliphatic heterocycles. The van der Waals surface area contributed by atoms with E-state index in [4.69, 9.17) is 4.74 Å². The van der Waals surface area contributed by atoms with Gasteiger partial charge in [-0.05, 0) is 49.1 Å². The minimum Gasteiger partial charge on any atom is -0.489 e.